The fourth-order valence-electron chi connectivity index (χ4n) is 3.82. The van der Waals surface area contributed by atoms with Gasteiger partial charge in [0.25, 0.3) is 11.6 Å². The van der Waals surface area contributed by atoms with Crippen molar-refractivity contribution in [2.75, 3.05) is 4.90 Å². The van der Waals surface area contributed by atoms with Gasteiger partial charge in [-0.2, -0.15) is 0 Å². The number of fused-ring (bicyclic) bond motifs is 1. The second-order valence-corrected chi connectivity index (χ2v) is 9.44. The number of carbonyl (C=O) groups excluding carboxylic acids is 3. The van der Waals surface area contributed by atoms with E-state index in [2.05, 4.69) is 4.99 Å². The predicted octanol–water partition coefficient (Wildman–Crippen LogP) is 4.00. The summed E-state index contributed by atoms with van der Waals surface area (Å²) in [6.07, 6.45) is 0. The molecule has 8 nitrogen and oxygen atoms in total. The second kappa shape index (κ2) is 9.16. The number of hydrogen-bond donors (Lipinski definition) is 1. The summed E-state index contributed by atoms with van der Waals surface area (Å²) in [4.78, 5) is 44.6. The van der Waals surface area contributed by atoms with Crippen molar-refractivity contribution in [1.29, 1.82) is 0 Å². The molecule has 1 unspecified atom stereocenters. The molecule has 9 heteroatoms. The Hall–Kier alpha value is -4.11. The normalized spacial score (nSPS) is 17.8. The van der Waals surface area contributed by atoms with Crippen LogP contribution >= 0.6 is 0 Å². The van der Waals surface area contributed by atoms with E-state index >= 15 is 0 Å². The highest BCUT2D eigenvalue weighted by Crippen LogP contribution is 2.33. The molecule has 0 saturated carbocycles. The first-order valence-corrected chi connectivity index (χ1v) is 11.3. The first kappa shape index (κ1) is 25.0. The van der Waals surface area contributed by atoms with Crippen LogP contribution in [0.25, 0.3) is 0 Å². The van der Waals surface area contributed by atoms with Gasteiger partial charge in [0, 0.05) is 18.1 Å². The summed E-state index contributed by atoms with van der Waals surface area (Å²) in [5.41, 5.74) is 3.75. The van der Waals surface area contributed by atoms with Crippen molar-refractivity contribution in [3.8, 4) is 0 Å². The molecule has 0 fully saturated rings. The highest BCUT2D eigenvalue weighted by atomic mass is 19.1. The number of amides is 1. The zero-order valence-electron chi connectivity index (χ0n) is 20.4. The Morgan fingerprint density at radius 1 is 1.06 bits per heavy atom. The number of aliphatic imine (C=N–C) groups is 1. The number of benzene rings is 2. The molecule has 0 bridgehead atoms. The molecule has 0 aliphatic carbocycles. The highest BCUT2D eigenvalue weighted by molar-refractivity contribution is 6.25. The van der Waals surface area contributed by atoms with Gasteiger partial charge in [-0.3, -0.25) is 15.3 Å². The minimum Gasteiger partial charge on any atom is -0.457 e. The van der Waals surface area contributed by atoms with Crippen LogP contribution in [0.15, 0.2) is 70.1 Å². The molecule has 36 heavy (non-hydrogen) atoms. The molecule has 1 atom stereocenters. The Balaban J connectivity index is 1.94. The van der Waals surface area contributed by atoms with E-state index in [4.69, 9.17) is 14.9 Å². The van der Waals surface area contributed by atoms with Crippen LogP contribution in [-0.4, -0.2) is 34.6 Å². The molecule has 1 amide bonds. The minimum atomic E-state index is -2.53. The zero-order valence-corrected chi connectivity index (χ0v) is 20.4. The number of halogens is 1. The van der Waals surface area contributed by atoms with Crippen LogP contribution in [0, 0.1) is 5.82 Å². The molecule has 1 aromatic heterocycles. The summed E-state index contributed by atoms with van der Waals surface area (Å²) >= 11 is 0. The lowest BCUT2D eigenvalue weighted by Crippen LogP contribution is -2.60. The summed E-state index contributed by atoms with van der Waals surface area (Å²) < 4.78 is 26.0. The van der Waals surface area contributed by atoms with E-state index in [1.807, 2.05) is 0 Å². The quantitative estimate of drug-likeness (QED) is 0.328. The summed E-state index contributed by atoms with van der Waals surface area (Å²) in [5.74, 6) is -2.46. The number of anilines is 1. The van der Waals surface area contributed by atoms with E-state index in [1.54, 1.807) is 57.2 Å². The van der Waals surface area contributed by atoms with Crippen molar-refractivity contribution in [3.63, 3.8) is 0 Å². The molecule has 186 valence electrons. The lowest BCUT2D eigenvalue weighted by Gasteiger charge is -2.30. The van der Waals surface area contributed by atoms with Crippen molar-refractivity contribution in [3.05, 3.63) is 89.1 Å². The zero-order chi connectivity index (χ0) is 26.3. The van der Waals surface area contributed by atoms with Gasteiger partial charge >= 0.3 is 5.97 Å². The molecule has 1 aliphatic heterocycles. The van der Waals surface area contributed by atoms with Crippen LogP contribution < -0.4 is 10.6 Å². The number of benzodiazepines with no additional fused rings is 1. The van der Waals surface area contributed by atoms with Crippen molar-refractivity contribution in [2.45, 2.75) is 45.5 Å². The SMILES string of the molecule is CC(=O)c1ccc(CN2C(=O)C(N)(C(=O)OC(C)(C)C)N=C(c3ccccc3F)c3ccccc32)o1. The van der Waals surface area contributed by atoms with Gasteiger partial charge in [-0.1, -0.05) is 30.3 Å². The van der Waals surface area contributed by atoms with Gasteiger partial charge in [-0.25, -0.2) is 14.2 Å². The Kier molecular flexibility index (Phi) is 6.36. The molecule has 2 aromatic carbocycles. The first-order valence-electron chi connectivity index (χ1n) is 11.3. The number of carbonyl (C=O) groups is 3. The lowest BCUT2D eigenvalue weighted by molar-refractivity contribution is -0.163. The highest BCUT2D eigenvalue weighted by Gasteiger charge is 2.51. The van der Waals surface area contributed by atoms with Crippen LogP contribution in [0.4, 0.5) is 10.1 Å². The average Bonchev–Trinajstić information content (AvgIpc) is 3.26. The van der Waals surface area contributed by atoms with Crippen molar-refractivity contribution in [2.24, 2.45) is 10.7 Å². The number of nitrogens with zero attached hydrogens (tertiary/aromatic N) is 2. The van der Waals surface area contributed by atoms with Gasteiger partial charge in [0.1, 0.15) is 17.2 Å². The molecule has 3 aromatic rings. The molecular formula is C27H26FN3O5. The molecule has 4 rings (SSSR count). The van der Waals surface area contributed by atoms with Crippen molar-refractivity contribution >= 4 is 29.1 Å². The number of nitrogens with two attached hydrogens (primary N) is 1. The van der Waals surface area contributed by atoms with Gasteiger partial charge < -0.3 is 14.1 Å². The van der Waals surface area contributed by atoms with Gasteiger partial charge in [-0.15, -0.1) is 0 Å². The number of ketones is 1. The van der Waals surface area contributed by atoms with E-state index in [0.29, 0.717) is 11.3 Å². The van der Waals surface area contributed by atoms with Crippen LogP contribution in [-0.2, 0) is 20.9 Å². The van der Waals surface area contributed by atoms with Crippen LogP contribution in [0.1, 0.15) is 55.1 Å². The summed E-state index contributed by atoms with van der Waals surface area (Å²) in [6.45, 7) is 6.10. The van der Waals surface area contributed by atoms with Gasteiger partial charge in [-0.05, 0) is 51.1 Å². The average molecular weight is 492 g/mol. The van der Waals surface area contributed by atoms with E-state index in [1.165, 1.54) is 36.1 Å². The molecule has 1 aliphatic rings. The van der Waals surface area contributed by atoms with Gasteiger partial charge in [0.2, 0.25) is 0 Å². The molecule has 0 saturated heterocycles. The summed E-state index contributed by atoms with van der Waals surface area (Å²) in [6, 6.07) is 15.6. The number of ether oxygens (including phenoxy) is 1. The Morgan fingerprint density at radius 3 is 2.31 bits per heavy atom. The number of esters is 1. The number of para-hydroxylation sites is 1. The fourth-order valence-corrected chi connectivity index (χ4v) is 3.82. The van der Waals surface area contributed by atoms with E-state index in [9.17, 15) is 18.8 Å². The van der Waals surface area contributed by atoms with Crippen molar-refractivity contribution < 1.29 is 27.9 Å². The number of hydrogen-bond acceptors (Lipinski definition) is 7. The van der Waals surface area contributed by atoms with E-state index in [0.717, 1.165) is 0 Å². The smallest absolute Gasteiger partial charge is 0.359 e. The molecule has 2 N–H and O–H groups in total. The number of rotatable bonds is 5. The fraction of sp³-hybridized carbons (Fsp3) is 0.259. The Morgan fingerprint density at radius 2 is 1.69 bits per heavy atom. The van der Waals surface area contributed by atoms with Crippen LogP contribution in [0.5, 0.6) is 0 Å². The van der Waals surface area contributed by atoms with Crippen molar-refractivity contribution in [1.82, 2.24) is 0 Å². The number of Topliss-reactive ketones (excluding diaryl/α,β-unsaturated/α-hetero) is 1. The topological polar surface area (TPSA) is 115 Å². The minimum absolute atomic E-state index is 0.0248. The summed E-state index contributed by atoms with van der Waals surface area (Å²) in [5, 5.41) is 0. The number of furan rings is 1. The van der Waals surface area contributed by atoms with Crippen LogP contribution in [0.2, 0.25) is 0 Å². The summed E-state index contributed by atoms with van der Waals surface area (Å²) in [7, 11) is 0. The largest absolute Gasteiger partial charge is 0.457 e. The molecule has 0 radical (unpaired) electrons. The lowest BCUT2D eigenvalue weighted by atomic mass is 9.99. The Bertz CT molecular complexity index is 1390. The Labute approximate surface area is 207 Å². The monoisotopic (exact) mass is 491 g/mol. The van der Waals surface area contributed by atoms with E-state index < -0.39 is 29.0 Å². The third-order valence-electron chi connectivity index (χ3n) is 5.47. The third kappa shape index (κ3) is 4.70. The van der Waals surface area contributed by atoms with Gasteiger partial charge in [0.05, 0.1) is 17.9 Å². The van der Waals surface area contributed by atoms with E-state index in [-0.39, 0.29) is 35.1 Å². The maximum atomic E-state index is 15.0. The predicted molar refractivity (Wildman–Crippen MR) is 131 cm³/mol. The third-order valence-corrected chi connectivity index (χ3v) is 5.47. The first-order chi connectivity index (χ1) is 16.9. The maximum absolute atomic E-state index is 15.0. The van der Waals surface area contributed by atoms with Gasteiger partial charge in [0.15, 0.2) is 11.5 Å². The molecular weight excluding hydrogens is 465 g/mol. The standard InChI is InChI=1S/C27H26FN3O5/c1-16(32)22-14-13-17(35-22)15-31-21-12-8-6-10-19(21)23(18-9-5-7-11-20(18)28)30-27(29,24(31)33)25(34)36-26(2,3)4/h5-14H,15,29H2,1-4H3. The maximum Gasteiger partial charge on any atom is 0.359 e. The second-order valence-electron chi connectivity index (χ2n) is 9.44. The van der Waals surface area contributed by atoms with Crippen LogP contribution in [0.3, 0.4) is 0 Å². The molecule has 2 heterocycles. The molecule has 0 spiro atoms.